The van der Waals surface area contributed by atoms with E-state index in [1.54, 1.807) is 36.4 Å². The molecule has 34 heavy (non-hydrogen) atoms. The number of rotatable bonds is 9. The van der Waals surface area contributed by atoms with Crippen LogP contribution < -0.4 is 15.4 Å². The summed E-state index contributed by atoms with van der Waals surface area (Å²) in [7, 11) is -7.20. The van der Waals surface area contributed by atoms with E-state index in [2.05, 4.69) is 15.4 Å². The van der Waals surface area contributed by atoms with Gasteiger partial charge in [0.2, 0.25) is 5.91 Å². The van der Waals surface area contributed by atoms with E-state index in [1.807, 2.05) is 6.92 Å². The summed E-state index contributed by atoms with van der Waals surface area (Å²) >= 11 is 5.82. The molecule has 8 nitrogen and oxygen atoms in total. The van der Waals surface area contributed by atoms with E-state index in [-0.39, 0.29) is 22.2 Å². The van der Waals surface area contributed by atoms with Crippen molar-refractivity contribution in [2.75, 3.05) is 28.2 Å². The van der Waals surface area contributed by atoms with Gasteiger partial charge in [0.1, 0.15) is 0 Å². The van der Waals surface area contributed by atoms with Crippen molar-refractivity contribution in [3.8, 4) is 0 Å². The summed E-state index contributed by atoms with van der Waals surface area (Å²) in [5.41, 5.74) is 1.97. The number of carbonyl (C=O) groups is 1. The molecule has 0 atom stereocenters. The summed E-state index contributed by atoms with van der Waals surface area (Å²) in [5.74, 6) is -0.373. The Kier molecular flexibility index (Phi) is 7.86. The number of carbonyl (C=O) groups excluding carboxylic acids is 1. The highest BCUT2D eigenvalue weighted by Gasteiger charge is 2.16. The van der Waals surface area contributed by atoms with Crippen LogP contribution in [0.4, 0.5) is 17.1 Å². The first-order valence-corrected chi connectivity index (χ1v) is 14.0. The molecule has 1 amide bonds. The minimum Gasteiger partial charge on any atom is -0.376 e. The van der Waals surface area contributed by atoms with Crippen LogP contribution in [-0.4, -0.2) is 35.5 Å². The van der Waals surface area contributed by atoms with Crippen molar-refractivity contribution in [3.05, 3.63) is 77.3 Å². The first kappa shape index (κ1) is 25.5. The second-order valence-corrected chi connectivity index (χ2v) is 11.5. The number of halogens is 1. The van der Waals surface area contributed by atoms with Gasteiger partial charge in [-0.3, -0.25) is 9.52 Å². The number of nitrogens with one attached hydrogen (secondary N) is 3. The molecule has 0 saturated carbocycles. The average Bonchev–Trinajstić information content (AvgIpc) is 2.78. The SMILES string of the molecule is CCc1c(NCC(=O)Nc2ccc(S(=O)(=O)Nc3ccc(Cl)cc3)cc2)cccc1S(C)(=O)=O. The van der Waals surface area contributed by atoms with Crippen molar-refractivity contribution >= 4 is 54.4 Å². The molecule has 0 fully saturated rings. The Morgan fingerprint density at radius 2 is 1.50 bits per heavy atom. The molecule has 0 saturated heterocycles. The fraction of sp³-hybridized carbons (Fsp3) is 0.174. The average molecular weight is 522 g/mol. The molecular weight excluding hydrogens is 498 g/mol. The van der Waals surface area contributed by atoms with E-state index in [0.29, 0.717) is 34.1 Å². The Morgan fingerprint density at radius 3 is 2.09 bits per heavy atom. The van der Waals surface area contributed by atoms with E-state index in [0.717, 1.165) is 6.26 Å². The monoisotopic (exact) mass is 521 g/mol. The maximum Gasteiger partial charge on any atom is 0.261 e. The molecule has 0 bridgehead atoms. The molecule has 180 valence electrons. The molecule has 3 aromatic carbocycles. The lowest BCUT2D eigenvalue weighted by molar-refractivity contribution is -0.114. The molecule has 0 radical (unpaired) electrons. The molecule has 3 N–H and O–H groups in total. The summed E-state index contributed by atoms with van der Waals surface area (Å²) in [5, 5.41) is 6.14. The van der Waals surface area contributed by atoms with E-state index in [9.17, 15) is 21.6 Å². The zero-order valence-electron chi connectivity index (χ0n) is 18.5. The Hall–Kier alpha value is -3.08. The predicted octanol–water partition coefficient (Wildman–Crippen LogP) is 4.16. The lowest BCUT2D eigenvalue weighted by Gasteiger charge is -2.14. The minimum absolute atomic E-state index is 0.0313. The van der Waals surface area contributed by atoms with Crippen LogP contribution in [0.3, 0.4) is 0 Å². The standard InChI is InChI=1S/C23H24ClN3O5S2/c1-3-20-21(5-4-6-22(20)33(2,29)30)25-15-23(28)26-17-11-13-19(14-12-17)34(31,32)27-18-9-7-16(24)8-10-18/h4-14,25,27H,3,15H2,1-2H3,(H,26,28). The summed E-state index contributed by atoms with van der Waals surface area (Å²) in [6.07, 6.45) is 1.63. The Morgan fingerprint density at radius 1 is 0.882 bits per heavy atom. The van der Waals surface area contributed by atoms with Crippen LogP contribution in [0.1, 0.15) is 12.5 Å². The van der Waals surface area contributed by atoms with Gasteiger partial charge >= 0.3 is 0 Å². The van der Waals surface area contributed by atoms with Gasteiger partial charge in [-0.15, -0.1) is 0 Å². The predicted molar refractivity (Wildman–Crippen MR) is 135 cm³/mol. The van der Waals surface area contributed by atoms with Crippen LogP contribution in [0.25, 0.3) is 0 Å². The first-order chi connectivity index (χ1) is 16.0. The molecule has 0 unspecified atom stereocenters. The quantitative estimate of drug-likeness (QED) is 0.389. The normalized spacial score (nSPS) is 11.6. The van der Waals surface area contributed by atoms with Gasteiger partial charge in [-0.25, -0.2) is 16.8 Å². The van der Waals surface area contributed by atoms with Gasteiger partial charge < -0.3 is 10.6 Å². The van der Waals surface area contributed by atoms with Crippen molar-refractivity contribution < 1.29 is 21.6 Å². The molecule has 0 aromatic heterocycles. The van der Waals surface area contributed by atoms with Crippen molar-refractivity contribution in [2.45, 2.75) is 23.1 Å². The highest BCUT2D eigenvalue weighted by atomic mass is 35.5. The highest BCUT2D eigenvalue weighted by Crippen LogP contribution is 2.25. The summed E-state index contributed by atoms with van der Waals surface area (Å²) in [4.78, 5) is 12.6. The number of hydrogen-bond donors (Lipinski definition) is 3. The molecular formula is C23H24ClN3O5S2. The number of hydrogen-bond acceptors (Lipinski definition) is 6. The van der Waals surface area contributed by atoms with Gasteiger partial charge in [-0.05, 0) is 72.6 Å². The van der Waals surface area contributed by atoms with Crippen LogP contribution in [0.2, 0.25) is 5.02 Å². The van der Waals surface area contributed by atoms with Crippen molar-refractivity contribution in [1.29, 1.82) is 0 Å². The molecule has 0 aliphatic rings. The van der Waals surface area contributed by atoms with Gasteiger partial charge in [0, 0.05) is 28.3 Å². The van der Waals surface area contributed by atoms with Crippen LogP contribution in [0.15, 0.2) is 76.5 Å². The zero-order valence-corrected chi connectivity index (χ0v) is 20.9. The first-order valence-electron chi connectivity index (χ1n) is 10.2. The fourth-order valence-corrected chi connectivity index (χ4v) is 5.49. The van der Waals surface area contributed by atoms with Crippen molar-refractivity contribution in [3.63, 3.8) is 0 Å². The second kappa shape index (κ2) is 10.5. The maximum absolute atomic E-state index is 12.6. The highest BCUT2D eigenvalue weighted by molar-refractivity contribution is 7.92. The van der Waals surface area contributed by atoms with Crippen molar-refractivity contribution in [1.82, 2.24) is 0 Å². The van der Waals surface area contributed by atoms with Crippen LogP contribution >= 0.6 is 11.6 Å². The molecule has 0 aliphatic heterocycles. The minimum atomic E-state index is -3.81. The molecule has 3 rings (SSSR count). The van der Waals surface area contributed by atoms with Gasteiger partial charge in [0.25, 0.3) is 10.0 Å². The van der Waals surface area contributed by atoms with Crippen LogP contribution in [-0.2, 0) is 31.1 Å². The maximum atomic E-state index is 12.6. The fourth-order valence-electron chi connectivity index (χ4n) is 3.27. The smallest absolute Gasteiger partial charge is 0.261 e. The third-order valence-corrected chi connectivity index (χ3v) is 7.70. The van der Waals surface area contributed by atoms with E-state index >= 15 is 0 Å². The second-order valence-electron chi connectivity index (χ2n) is 7.45. The Bertz CT molecular complexity index is 1390. The number of amides is 1. The molecule has 0 aliphatic carbocycles. The lowest BCUT2D eigenvalue weighted by atomic mass is 10.1. The lowest BCUT2D eigenvalue weighted by Crippen LogP contribution is -2.22. The van der Waals surface area contributed by atoms with E-state index in [1.165, 1.54) is 30.3 Å². The molecule has 0 spiro atoms. The number of sulfone groups is 1. The number of anilines is 3. The van der Waals surface area contributed by atoms with Gasteiger partial charge in [0.15, 0.2) is 9.84 Å². The molecule has 3 aromatic rings. The van der Waals surface area contributed by atoms with Crippen LogP contribution in [0, 0.1) is 0 Å². The van der Waals surface area contributed by atoms with Gasteiger partial charge in [-0.1, -0.05) is 24.6 Å². The van der Waals surface area contributed by atoms with E-state index in [4.69, 9.17) is 11.6 Å². The summed E-state index contributed by atoms with van der Waals surface area (Å²) < 4.78 is 51.6. The summed E-state index contributed by atoms with van der Waals surface area (Å²) in [6, 6.07) is 16.9. The summed E-state index contributed by atoms with van der Waals surface area (Å²) in [6.45, 7) is 1.74. The molecule has 0 heterocycles. The van der Waals surface area contributed by atoms with Gasteiger partial charge in [0.05, 0.1) is 16.3 Å². The topological polar surface area (TPSA) is 121 Å². The third kappa shape index (κ3) is 6.49. The number of benzene rings is 3. The largest absolute Gasteiger partial charge is 0.376 e. The third-order valence-electron chi connectivity index (χ3n) is 4.87. The Balaban J connectivity index is 1.64. The van der Waals surface area contributed by atoms with Gasteiger partial charge in [-0.2, -0.15) is 0 Å². The zero-order chi connectivity index (χ0) is 24.9. The van der Waals surface area contributed by atoms with E-state index < -0.39 is 19.9 Å². The Labute approximate surface area is 204 Å². The molecule has 11 heteroatoms. The number of sulfonamides is 1. The van der Waals surface area contributed by atoms with Crippen LogP contribution in [0.5, 0.6) is 0 Å². The van der Waals surface area contributed by atoms with Crippen molar-refractivity contribution in [2.24, 2.45) is 0 Å².